The van der Waals surface area contributed by atoms with Gasteiger partial charge in [0, 0.05) is 65.8 Å². The Balaban J connectivity index is 0.968. The van der Waals surface area contributed by atoms with Crippen molar-refractivity contribution in [3.63, 3.8) is 0 Å². The topological polar surface area (TPSA) is 147 Å². The first-order chi connectivity index (χ1) is 37.6. The predicted octanol–water partition coefficient (Wildman–Crippen LogP) is 11.2. The zero-order chi connectivity index (χ0) is 52.5. The van der Waals surface area contributed by atoms with Gasteiger partial charge in [-0.25, -0.2) is 0 Å². The molecule has 5 aromatic carbocycles. The van der Waals surface area contributed by atoms with E-state index in [0.29, 0.717) is 50.7 Å². The second kappa shape index (κ2) is 22.1. The van der Waals surface area contributed by atoms with Gasteiger partial charge in [-0.05, 0) is 175 Å². The Morgan fingerprint density at radius 2 is 1.71 bits per heavy atom. The quantitative estimate of drug-likeness (QED) is 0.0611. The molecule has 2 fully saturated rings. The van der Waals surface area contributed by atoms with Crippen molar-refractivity contribution < 1.29 is 39.4 Å². The number of phenols is 3. The van der Waals surface area contributed by atoms with Crippen LogP contribution in [-0.2, 0) is 50.9 Å². The predicted molar refractivity (Wildman–Crippen MR) is 300 cm³/mol. The van der Waals surface area contributed by atoms with Crippen molar-refractivity contribution in [3.05, 3.63) is 171 Å². The minimum Gasteiger partial charge on any atom is -0.508 e. The molecule has 6 unspecified atom stereocenters. The second-order valence-corrected chi connectivity index (χ2v) is 22.9. The van der Waals surface area contributed by atoms with Gasteiger partial charge in [-0.3, -0.25) is 5.32 Å². The van der Waals surface area contributed by atoms with Crippen LogP contribution in [0.4, 0.5) is 0 Å². The van der Waals surface area contributed by atoms with Crippen LogP contribution in [0.15, 0.2) is 127 Å². The summed E-state index contributed by atoms with van der Waals surface area (Å²) in [7, 11) is 1.68. The molecule has 11 heteroatoms. The molecule has 1 aromatic heterocycles. The number of nitrogens with one attached hydrogen (secondary N) is 2. The third-order valence-electron chi connectivity index (χ3n) is 18.0. The van der Waals surface area contributed by atoms with Gasteiger partial charge in [0.05, 0.1) is 32.2 Å². The number of hydrogen-bond donors (Lipinski definition) is 6. The smallest absolute Gasteiger partial charge is 0.161 e. The minimum atomic E-state index is -0.613. The van der Waals surface area contributed by atoms with E-state index in [4.69, 9.17) is 18.9 Å². The van der Waals surface area contributed by atoms with E-state index in [1.165, 1.54) is 42.4 Å². The molecule has 4 aliphatic heterocycles. The van der Waals surface area contributed by atoms with E-state index in [0.717, 1.165) is 107 Å². The van der Waals surface area contributed by atoms with Gasteiger partial charge in [0.25, 0.3) is 0 Å². The lowest BCUT2D eigenvalue weighted by molar-refractivity contribution is -0.00873. The van der Waals surface area contributed by atoms with Crippen molar-refractivity contribution >= 4 is 16.6 Å². The fourth-order valence-electron chi connectivity index (χ4n) is 14.1. The minimum absolute atomic E-state index is 0.0650. The van der Waals surface area contributed by atoms with Crippen molar-refractivity contribution in [2.24, 2.45) is 11.8 Å². The molecule has 1 spiro atoms. The average Bonchev–Trinajstić information content (AvgIpc) is 4.23. The SMILES string of the molecule is COCNC1C=C2C#CC(CCc3ccc(O)c(Cc4cccc(O)c4)c3)CCCC3CC(O)CCc4ccc(O)c(c4)OCc4cc(C56CCOCC5CC5(CCCC5)c5ccccc56)cc5cn(cc45)C(=C2CO3)N1. The number of fused-ring (bicyclic) bond motifs is 10. The molecular weight excluding hydrogens is 963 g/mol. The Morgan fingerprint density at radius 1 is 0.844 bits per heavy atom. The normalized spacial score (nSPS) is 25.1. The third-order valence-corrected chi connectivity index (χ3v) is 18.0. The number of methoxy groups -OCH3 is 1. The molecule has 1 saturated carbocycles. The molecule has 77 heavy (non-hydrogen) atoms. The van der Waals surface area contributed by atoms with Gasteiger partial charge in [0.15, 0.2) is 11.5 Å². The number of rotatable bonds is 9. The van der Waals surface area contributed by atoms with E-state index in [-0.39, 0.29) is 59.5 Å². The maximum atomic E-state index is 11.7. The number of aliphatic hydroxyl groups is 1. The zero-order valence-electron chi connectivity index (χ0n) is 44.4. The van der Waals surface area contributed by atoms with Crippen molar-refractivity contribution in [3.8, 4) is 34.8 Å². The van der Waals surface area contributed by atoms with Crippen LogP contribution in [0, 0.1) is 23.7 Å². The van der Waals surface area contributed by atoms with Gasteiger partial charge in [-0.2, -0.15) is 0 Å². The monoisotopic (exact) mass is 1040 g/mol. The summed E-state index contributed by atoms with van der Waals surface area (Å²) >= 11 is 0. The van der Waals surface area contributed by atoms with Gasteiger partial charge >= 0.3 is 0 Å². The summed E-state index contributed by atoms with van der Waals surface area (Å²) in [5.41, 5.74) is 10.9. The summed E-state index contributed by atoms with van der Waals surface area (Å²) in [4.78, 5) is 0. The molecule has 6 bridgehead atoms. The number of ether oxygens (including phenoxy) is 4. The maximum Gasteiger partial charge on any atom is 0.161 e. The van der Waals surface area contributed by atoms with Gasteiger partial charge in [-0.15, -0.1) is 0 Å². The standard InChI is InChI=1S/C66H73N3O8/c1-74-42-67-63-34-47-20-16-43(14-15-44-18-22-60(72)48(28-44)29-46-9-6-10-53(70)30-46)8-7-11-55-35-54(71)21-17-45-19-23-61(73)62(31-45)77-39-50-33-51(32-49-37-69(38-56(49)50)64(68-63)57(47)41-76-55)66-26-27-75-40-52(66)36-65(24-4-5-25-65)58-12-2-3-13-59(58)66/h2-3,6,9-10,12-13,18-19,22-23,28,30-34,37-38,43,52,54-55,63,67-68,70-73H,4-5,7-8,11,14-15,17,21,24-27,29,35-36,39-42H2,1H3. The van der Waals surface area contributed by atoms with Crippen LogP contribution in [-0.4, -0.2) is 77.0 Å². The summed E-state index contributed by atoms with van der Waals surface area (Å²) < 4.78 is 28.0. The molecule has 0 radical (unpaired) electrons. The molecule has 400 valence electrons. The lowest BCUT2D eigenvalue weighted by Gasteiger charge is -2.54. The summed E-state index contributed by atoms with van der Waals surface area (Å²) in [6.45, 7) is 2.26. The third kappa shape index (κ3) is 10.5. The van der Waals surface area contributed by atoms with Gasteiger partial charge in [0.2, 0.25) is 0 Å². The lowest BCUT2D eigenvalue weighted by atomic mass is 9.51. The Hall–Kier alpha value is -6.52. The lowest BCUT2D eigenvalue weighted by Crippen LogP contribution is -2.51. The van der Waals surface area contributed by atoms with E-state index in [2.05, 4.69) is 88.0 Å². The Labute approximate surface area is 452 Å². The Kier molecular flexibility index (Phi) is 14.7. The highest BCUT2D eigenvalue weighted by atomic mass is 16.5. The number of nitrogens with zero attached hydrogens (tertiary/aromatic N) is 1. The summed E-state index contributed by atoms with van der Waals surface area (Å²) in [6, 6.07) is 32.8. The number of aromatic hydroxyl groups is 3. The van der Waals surface area contributed by atoms with Crippen molar-refractivity contribution in [1.82, 2.24) is 15.2 Å². The van der Waals surface area contributed by atoms with Crippen LogP contribution in [0.2, 0.25) is 0 Å². The summed E-state index contributed by atoms with van der Waals surface area (Å²) in [5, 5.41) is 53.6. The molecule has 5 heterocycles. The number of hydrogen-bond acceptors (Lipinski definition) is 10. The number of aryl methyl sites for hydroxylation is 2. The van der Waals surface area contributed by atoms with Gasteiger partial charge in [0.1, 0.15) is 30.1 Å². The van der Waals surface area contributed by atoms with Crippen LogP contribution in [0.3, 0.4) is 0 Å². The second-order valence-electron chi connectivity index (χ2n) is 22.9. The van der Waals surface area contributed by atoms with Crippen LogP contribution in [0.5, 0.6) is 23.0 Å². The first-order valence-electron chi connectivity index (χ1n) is 28.2. The van der Waals surface area contributed by atoms with Gasteiger partial charge in [-0.1, -0.05) is 85.3 Å². The number of aromatic nitrogens is 1. The molecule has 6 aliphatic rings. The molecule has 2 aliphatic carbocycles. The van der Waals surface area contributed by atoms with Crippen molar-refractivity contribution in [2.45, 2.75) is 132 Å². The van der Waals surface area contributed by atoms with Crippen molar-refractivity contribution in [1.29, 1.82) is 0 Å². The molecule has 12 rings (SSSR count). The molecule has 1 saturated heterocycles. The highest BCUT2D eigenvalue weighted by molar-refractivity contribution is 5.89. The van der Waals surface area contributed by atoms with Crippen LogP contribution < -0.4 is 15.4 Å². The molecule has 6 atom stereocenters. The zero-order valence-corrected chi connectivity index (χ0v) is 44.4. The van der Waals surface area contributed by atoms with Crippen molar-refractivity contribution in [2.75, 3.05) is 33.7 Å². The molecular formula is C66H73N3O8. The molecule has 6 aromatic rings. The first-order valence-corrected chi connectivity index (χ1v) is 28.2. The first kappa shape index (κ1) is 51.2. The van der Waals surface area contributed by atoms with Crippen LogP contribution >= 0.6 is 0 Å². The number of aliphatic hydroxyl groups excluding tert-OH is 1. The molecule has 6 N–H and O–H groups in total. The Bertz CT molecular complexity index is 3270. The molecule has 0 amide bonds. The average molecular weight is 1040 g/mol. The van der Waals surface area contributed by atoms with E-state index in [9.17, 15) is 20.4 Å². The summed E-state index contributed by atoms with van der Waals surface area (Å²) in [6.07, 6.45) is 18.7. The number of phenolic OH excluding ortho intramolecular Hbond substituents is 3. The maximum absolute atomic E-state index is 11.7. The summed E-state index contributed by atoms with van der Waals surface area (Å²) in [5.74, 6) is 9.69. The number of benzene rings is 5. The van der Waals surface area contributed by atoms with E-state index in [1.54, 1.807) is 31.4 Å². The molecule has 11 nitrogen and oxygen atoms in total. The number of dihydropyridines is 1. The Morgan fingerprint density at radius 3 is 2.58 bits per heavy atom. The van der Waals surface area contributed by atoms with E-state index < -0.39 is 6.10 Å². The van der Waals surface area contributed by atoms with Crippen LogP contribution in [0.1, 0.15) is 122 Å². The van der Waals surface area contributed by atoms with E-state index >= 15 is 0 Å². The van der Waals surface area contributed by atoms with E-state index in [1.807, 2.05) is 30.3 Å². The largest absolute Gasteiger partial charge is 0.508 e. The highest BCUT2D eigenvalue weighted by Crippen LogP contribution is 2.60. The fourth-order valence-corrected chi connectivity index (χ4v) is 14.1. The van der Waals surface area contributed by atoms with Gasteiger partial charge < -0.3 is 49.3 Å². The van der Waals surface area contributed by atoms with Crippen LogP contribution in [0.25, 0.3) is 16.6 Å². The highest BCUT2D eigenvalue weighted by Gasteiger charge is 2.55. The fraction of sp³-hybridized carbons (Fsp3) is 0.424.